The number of hydrogen-bond donors (Lipinski definition) is 2. The maximum atomic E-state index is 11.7. The Hall–Kier alpha value is -1.46. The van der Waals surface area contributed by atoms with Gasteiger partial charge in [-0.15, -0.1) is 11.8 Å². The first-order chi connectivity index (χ1) is 9.75. The molecule has 0 aliphatic rings. The van der Waals surface area contributed by atoms with E-state index in [2.05, 4.69) is 15.3 Å². The van der Waals surface area contributed by atoms with Crippen molar-refractivity contribution in [3.63, 3.8) is 0 Å². The molecule has 0 aliphatic heterocycles. The van der Waals surface area contributed by atoms with Crippen molar-refractivity contribution in [1.29, 1.82) is 0 Å². The van der Waals surface area contributed by atoms with Crippen LogP contribution in [0, 0.1) is 0 Å². The highest BCUT2D eigenvalue weighted by Gasteiger charge is 2.05. The Labute approximate surface area is 127 Å². The third-order valence-corrected chi connectivity index (χ3v) is 4.18. The molecule has 0 unspecified atom stereocenters. The van der Waals surface area contributed by atoms with Crippen molar-refractivity contribution in [1.82, 2.24) is 15.3 Å². The molecule has 2 N–H and O–H groups in total. The highest BCUT2D eigenvalue weighted by Crippen LogP contribution is 2.26. The number of nitrogens with zero attached hydrogens (tertiary/aromatic N) is 1. The number of halogens is 1. The fraction of sp³-hybridized carbons (Fsp3) is 0.286. The van der Waals surface area contributed by atoms with Gasteiger partial charge in [-0.1, -0.05) is 23.7 Å². The summed E-state index contributed by atoms with van der Waals surface area (Å²) in [4.78, 5) is 19.8. The molecule has 0 atom stereocenters. The largest absolute Gasteiger partial charge is 0.355 e. The van der Waals surface area contributed by atoms with Crippen LogP contribution in [0.4, 0.5) is 0 Å². The van der Waals surface area contributed by atoms with Gasteiger partial charge >= 0.3 is 0 Å². The lowest BCUT2D eigenvalue weighted by atomic mass is 10.3. The third-order valence-electron chi connectivity index (χ3n) is 2.66. The van der Waals surface area contributed by atoms with Crippen molar-refractivity contribution in [2.45, 2.75) is 17.7 Å². The van der Waals surface area contributed by atoms with E-state index in [4.69, 9.17) is 11.6 Å². The summed E-state index contributed by atoms with van der Waals surface area (Å²) >= 11 is 7.48. The second kappa shape index (κ2) is 7.97. The van der Waals surface area contributed by atoms with E-state index in [0.29, 0.717) is 17.3 Å². The molecule has 4 nitrogen and oxygen atoms in total. The zero-order chi connectivity index (χ0) is 14.2. The summed E-state index contributed by atoms with van der Waals surface area (Å²) in [5.41, 5.74) is 0. The van der Waals surface area contributed by atoms with Crippen LogP contribution in [-0.4, -0.2) is 28.2 Å². The Morgan fingerprint density at radius 3 is 3.00 bits per heavy atom. The molecule has 1 aromatic heterocycles. The first-order valence-corrected chi connectivity index (χ1v) is 7.74. The van der Waals surface area contributed by atoms with Crippen LogP contribution in [-0.2, 0) is 11.2 Å². The molecule has 106 valence electrons. The van der Waals surface area contributed by atoms with Crippen molar-refractivity contribution in [2.75, 3.05) is 12.3 Å². The molecule has 0 spiro atoms. The van der Waals surface area contributed by atoms with Gasteiger partial charge in [0.05, 0.1) is 10.8 Å². The van der Waals surface area contributed by atoms with E-state index in [9.17, 15) is 4.79 Å². The third kappa shape index (κ3) is 4.90. The van der Waals surface area contributed by atoms with Crippen LogP contribution in [0.25, 0.3) is 0 Å². The number of benzene rings is 1. The van der Waals surface area contributed by atoms with Crippen LogP contribution in [0.5, 0.6) is 0 Å². The highest BCUT2D eigenvalue weighted by atomic mass is 35.5. The van der Waals surface area contributed by atoms with Gasteiger partial charge < -0.3 is 10.3 Å². The van der Waals surface area contributed by atoms with Gasteiger partial charge in [0, 0.05) is 30.3 Å². The van der Waals surface area contributed by atoms with Crippen molar-refractivity contribution in [3.8, 4) is 0 Å². The SMILES string of the molecule is O=C(CSc1ccccc1Cl)NCCCc1ncc[nH]1. The zero-order valence-corrected chi connectivity index (χ0v) is 12.5. The number of rotatable bonds is 7. The van der Waals surface area contributed by atoms with Crippen molar-refractivity contribution in [2.24, 2.45) is 0 Å². The van der Waals surface area contributed by atoms with Gasteiger partial charge in [-0.2, -0.15) is 0 Å². The second-order valence-corrected chi connectivity index (χ2v) is 5.63. The number of imidazole rings is 1. The van der Waals surface area contributed by atoms with E-state index >= 15 is 0 Å². The van der Waals surface area contributed by atoms with Gasteiger partial charge in [-0.05, 0) is 18.6 Å². The van der Waals surface area contributed by atoms with Crippen LogP contribution in [0.3, 0.4) is 0 Å². The Morgan fingerprint density at radius 1 is 1.40 bits per heavy atom. The molecule has 2 rings (SSSR count). The number of carbonyl (C=O) groups is 1. The summed E-state index contributed by atoms with van der Waals surface area (Å²) in [6.45, 7) is 0.655. The van der Waals surface area contributed by atoms with Gasteiger partial charge in [-0.25, -0.2) is 4.98 Å². The Kier molecular flexibility index (Phi) is 5.95. The number of aryl methyl sites for hydroxylation is 1. The maximum absolute atomic E-state index is 11.7. The summed E-state index contributed by atoms with van der Waals surface area (Å²) in [5, 5.41) is 3.57. The second-order valence-electron chi connectivity index (χ2n) is 4.21. The molecule has 6 heteroatoms. The molecule has 2 aromatic rings. The van der Waals surface area contributed by atoms with E-state index in [-0.39, 0.29) is 5.91 Å². The maximum Gasteiger partial charge on any atom is 0.230 e. The summed E-state index contributed by atoms with van der Waals surface area (Å²) in [5.74, 6) is 1.35. The molecule has 0 saturated heterocycles. The van der Waals surface area contributed by atoms with E-state index in [1.807, 2.05) is 24.3 Å². The first kappa shape index (κ1) is 14.9. The lowest BCUT2D eigenvalue weighted by Crippen LogP contribution is -2.26. The molecule has 0 saturated carbocycles. The minimum Gasteiger partial charge on any atom is -0.355 e. The van der Waals surface area contributed by atoms with Gasteiger partial charge in [0.1, 0.15) is 5.82 Å². The Balaban J connectivity index is 1.62. The topological polar surface area (TPSA) is 57.8 Å². The summed E-state index contributed by atoms with van der Waals surface area (Å²) in [6.07, 6.45) is 5.24. The number of nitrogens with one attached hydrogen (secondary N) is 2. The summed E-state index contributed by atoms with van der Waals surface area (Å²) < 4.78 is 0. The number of aromatic amines is 1. The number of amides is 1. The van der Waals surface area contributed by atoms with Crippen molar-refractivity contribution >= 4 is 29.3 Å². The molecule has 20 heavy (non-hydrogen) atoms. The molecule has 0 fully saturated rings. The lowest BCUT2D eigenvalue weighted by Gasteiger charge is -2.05. The van der Waals surface area contributed by atoms with Gasteiger partial charge in [0.15, 0.2) is 0 Å². The number of hydrogen-bond acceptors (Lipinski definition) is 3. The molecular formula is C14H16ClN3OS. The molecular weight excluding hydrogens is 294 g/mol. The molecule has 1 heterocycles. The van der Waals surface area contributed by atoms with Gasteiger partial charge in [0.25, 0.3) is 0 Å². The Morgan fingerprint density at radius 2 is 2.25 bits per heavy atom. The predicted octanol–water partition coefficient (Wildman–Crippen LogP) is 2.90. The van der Waals surface area contributed by atoms with Gasteiger partial charge in [0.2, 0.25) is 5.91 Å². The summed E-state index contributed by atoms with van der Waals surface area (Å²) in [7, 11) is 0. The van der Waals surface area contributed by atoms with Gasteiger partial charge in [-0.3, -0.25) is 4.79 Å². The number of thioether (sulfide) groups is 1. The van der Waals surface area contributed by atoms with E-state index in [1.54, 1.807) is 12.4 Å². The fourth-order valence-electron chi connectivity index (χ4n) is 1.67. The van der Waals surface area contributed by atoms with Crippen LogP contribution in [0.1, 0.15) is 12.2 Å². The zero-order valence-electron chi connectivity index (χ0n) is 10.9. The first-order valence-electron chi connectivity index (χ1n) is 6.38. The molecule has 0 radical (unpaired) electrons. The molecule has 1 aromatic carbocycles. The fourth-order valence-corrected chi connectivity index (χ4v) is 2.74. The van der Waals surface area contributed by atoms with Crippen LogP contribution in [0.2, 0.25) is 5.02 Å². The molecule has 0 bridgehead atoms. The average Bonchev–Trinajstić information content (AvgIpc) is 2.96. The van der Waals surface area contributed by atoms with Crippen LogP contribution >= 0.6 is 23.4 Å². The van der Waals surface area contributed by atoms with E-state index < -0.39 is 0 Å². The quantitative estimate of drug-likeness (QED) is 0.611. The minimum absolute atomic E-state index is 0.0226. The van der Waals surface area contributed by atoms with E-state index in [0.717, 1.165) is 23.6 Å². The van der Waals surface area contributed by atoms with Crippen molar-refractivity contribution in [3.05, 3.63) is 47.5 Å². The normalized spacial score (nSPS) is 10.4. The van der Waals surface area contributed by atoms with E-state index in [1.165, 1.54) is 11.8 Å². The lowest BCUT2D eigenvalue weighted by molar-refractivity contribution is -0.118. The number of carbonyl (C=O) groups excluding carboxylic acids is 1. The highest BCUT2D eigenvalue weighted by molar-refractivity contribution is 8.00. The van der Waals surface area contributed by atoms with Crippen molar-refractivity contribution < 1.29 is 4.79 Å². The van der Waals surface area contributed by atoms with Crippen LogP contribution in [0.15, 0.2) is 41.6 Å². The number of H-pyrrole nitrogens is 1. The smallest absolute Gasteiger partial charge is 0.230 e. The summed E-state index contributed by atoms with van der Waals surface area (Å²) in [6, 6.07) is 7.53. The molecule has 0 aliphatic carbocycles. The average molecular weight is 310 g/mol. The standard InChI is InChI=1S/C14H16ClN3OS/c15-11-4-1-2-5-12(11)20-10-14(19)18-7-3-6-13-16-8-9-17-13/h1-2,4-5,8-9H,3,6-7,10H2,(H,16,17)(H,18,19). The van der Waals surface area contributed by atoms with Crippen LogP contribution < -0.4 is 5.32 Å². The number of aromatic nitrogens is 2. The Bertz CT molecular complexity index is 545. The minimum atomic E-state index is 0.0226. The predicted molar refractivity (Wildman–Crippen MR) is 82.1 cm³/mol. The monoisotopic (exact) mass is 309 g/mol. The molecule has 1 amide bonds.